The van der Waals surface area contributed by atoms with Crippen LogP contribution in [0.3, 0.4) is 0 Å². The van der Waals surface area contributed by atoms with E-state index >= 15 is 0 Å². The maximum Gasteiger partial charge on any atom is 0.303 e. The Labute approximate surface area is 196 Å². The van der Waals surface area contributed by atoms with Crippen molar-refractivity contribution in [3.63, 3.8) is 0 Å². The first kappa shape index (κ1) is 25.0. The van der Waals surface area contributed by atoms with Crippen molar-refractivity contribution < 1.29 is 47.6 Å². The first-order valence-corrected chi connectivity index (χ1v) is 10.6. The number of benzene rings is 2. The second-order valence-corrected chi connectivity index (χ2v) is 7.66. The van der Waals surface area contributed by atoms with Crippen molar-refractivity contribution in [3.8, 4) is 5.75 Å². The molecule has 34 heavy (non-hydrogen) atoms. The topological polar surface area (TPSA) is 124 Å². The van der Waals surface area contributed by atoms with Crippen molar-refractivity contribution in [1.29, 1.82) is 0 Å². The standard InChI is InChI=1S/C24H26O10/c1-13(25)29-12-20-21(30-14(2)26)22(31-15(3)27)23(32-16(4)28)24(34-20)33-19-11-7-9-17-8-5-6-10-18(17)19/h5-11,20-24H,12H2,1-4H3/t20-,21-,22+,23-,24+/m1/s1. The molecule has 1 saturated heterocycles. The highest BCUT2D eigenvalue weighted by molar-refractivity contribution is 5.88. The van der Waals surface area contributed by atoms with Crippen molar-refractivity contribution >= 4 is 34.6 Å². The van der Waals surface area contributed by atoms with Crippen LogP contribution < -0.4 is 4.74 Å². The first-order chi connectivity index (χ1) is 16.2. The van der Waals surface area contributed by atoms with E-state index in [4.69, 9.17) is 28.4 Å². The van der Waals surface area contributed by atoms with Gasteiger partial charge < -0.3 is 28.4 Å². The van der Waals surface area contributed by atoms with E-state index in [0.29, 0.717) is 5.75 Å². The molecular weight excluding hydrogens is 448 g/mol. The molecule has 0 N–H and O–H groups in total. The zero-order chi connectivity index (χ0) is 24.8. The summed E-state index contributed by atoms with van der Waals surface area (Å²) in [6, 6.07) is 12.8. The lowest BCUT2D eigenvalue weighted by molar-refractivity contribution is -0.288. The van der Waals surface area contributed by atoms with E-state index in [1.54, 1.807) is 12.1 Å². The summed E-state index contributed by atoms with van der Waals surface area (Å²) in [5, 5.41) is 1.66. The summed E-state index contributed by atoms with van der Waals surface area (Å²) in [7, 11) is 0. The van der Waals surface area contributed by atoms with Crippen molar-refractivity contribution in [2.75, 3.05) is 6.61 Å². The summed E-state index contributed by atoms with van der Waals surface area (Å²) in [6.07, 6.45) is -6.19. The number of hydrogen-bond donors (Lipinski definition) is 0. The van der Waals surface area contributed by atoms with Gasteiger partial charge in [0.2, 0.25) is 12.4 Å². The van der Waals surface area contributed by atoms with Crippen LogP contribution in [0.2, 0.25) is 0 Å². The number of carbonyl (C=O) groups excluding carboxylic acids is 4. The smallest absolute Gasteiger partial charge is 0.303 e. The first-order valence-electron chi connectivity index (χ1n) is 10.6. The molecule has 5 atom stereocenters. The molecule has 2 aromatic rings. The third kappa shape index (κ3) is 6.22. The Bertz CT molecular complexity index is 1060. The van der Waals surface area contributed by atoms with Gasteiger partial charge in [0.1, 0.15) is 18.5 Å². The molecule has 0 bridgehead atoms. The Morgan fingerprint density at radius 2 is 1.32 bits per heavy atom. The van der Waals surface area contributed by atoms with Gasteiger partial charge in [0.05, 0.1) is 0 Å². The Morgan fingerprint density at radius 3 is 1.97 bits per heavy atom. The highest BCUT2D eigenvalue weighted by Crippen LogP contribution is 2.33. The van der Waals surface area contributed by atoms with Crippen LogP contribution in [0.5, 0.6) is 5.75 Å². The number of esters is 4. The number of fused-ring (bicyclic) bond motifs is 1. The fraction of sp³-hybridized carbons (Fsp3) is 0.417. The Kier molecular flexibility index (Phi) is 8.06. The van der Waals surface area contributed by atoms with Gasteiger partial charge in [0.15, 0.2) is 12.2 Å². The predicted octanol–water partition coefficient (Wildman–Crippen LogP) is 2.30. The largest absolute Gasteiger partial charge is 0.463 e. The average Bonchev–Trinajstić information content (AvgIpc) is 2.75. The van der Waals surface area contributed by atoms with Crippen molar-refractivity contribution in [1.82, 2.24) is 0 Å². The predicted molar refractivity (Wildman–Crippen MR) is 117 cm³/mol. The highest BCUT2D eigenvalue weighted by atomic mass is 16.7. The number of ether oxygens (including phenoxy) is 6. The number of hydrogen-bond acceptors (Lipinski definition) is 10. The molecule has 10 heteroatoms. The second-order valence-electron chi connectivity index (χ2n) is 7.66. The summed E-state index contributed by atoms with van der Waals surface area (Å²) < 4.78 is 33.4. The molecule has 1 fully saturated rings. The lowest BCUT2D eigenvalue weighted by atomic mass is 9.98. The van der Waals surface area contributed by atoms with E-state index in [0.717, 1.165) is 24.6 Å². The van der Waals surface area contributed by atoms with Crippen LogP contribution >= 0.6 is 0 Å². The van der Waals surface area contributed by atoms with Crippen LogP contribution in [0.1, 0.15) is 27.7 Å². The monoisotopic (exact) mass is 474 g/mol. The summed E-state index contributed by atoms with van der Waals surface area (Å²) in [4.78, 5) is 47.1. The third-order valence-electron chi connectivity index (χ3n) is 4.94. The minimum absolute atomic E-state index is 0.326. The molecule has 0 amide bonds. The number of carbonyl (C=O) groups is 4. The Hall–Kier alpha value is -3.66. The molecule has 10 nitrogen and oxygen atoms in total. The maximum atomic E-state index is 11.9. The quantitative estimate of drug-likeness (QED) is 0.436. The third-order valence-corrected chi connectivity index (χ3v) is 4.94. The molecule has 1 aliphatic rings. The van der Waals surface area contributed by atoms with E-state index in [1.807, 2.05) is 30.3 Å². The van der Waals surface area contributed by atoms with E-state index < -0.39 is 54.6 Å². The van der Waals surface area contributed by atoms with Gasteiger partial charge in [-0.05, 0) is 11.5 Å². The van der Waals surface area contributed by atoms with Crippen LogP contribution in [0, 0.1) is 0 Å². The molecule has 1 aliphatic heterocycles. The fourth-order valence-electron chi connectivity index (χ4n) is 3.71. The molecule has 2 aromatic carbocycles. The van der Waals surface area contributed by atoms with Crippen LogP contribution in [0.15, 0.2) is 42.5 Å². The summed E-state index contributed by atoms with van der Waals surface area (Å²) in [6.45, 7) is 4.37. The molecule has 0 aromatic heterocycles. The minimum atomic E-state index is -1.29. The molecule has 182 valence electrons. The van der Waals surface area contributed by atoms with Gasteiger partial charge >= 0.3 is 23.9 Å². The molecule has 0 saturated carbocycles. The zero-order valence-corrected chi connectivity index (χ0v) is 19.2. The van der Waals surface area contributed by atoms with Gasteiger partial charge in [-0.25, -0.2) is 0 Å². The Balaban J connectivity index is 2.03. The highest BCUT2D eigenvalue weighted by Gasteiger charge is 2.53. The molecule has 1 heterocycles. The Morgan fingerprint density at radius 1 is 0.735 bits per heavy atom. The molecular formula is C24H26O10. The molecule has 3 rings (SSSR count). The van der Waals surface area contributed by atoms with Crippen molar-refractivity contribution in [2.45, 2.75) is 58.4 Å². The average molecular weight is 474 g/mol. The van der Waals surface area contributed by atoms with Gasteiger partial charge in [-0.15, -0.1) is 0 Å². The number of rotatable bonds is 7. The van der Waals surface area contributed by atoms with E-state index in [-0.39, 0.29) is 6.61 Å². The van der Waals surface area contributed by atoms with E-state index in [2.05, 4.69) is 0 Å². The molecule has 0 radical (unpaired) electrons. The second kappa shape index (κ2) is 11.0. The SMILES string of the molecule is CC(=O)OC[C@H]1O[C@H](Oc2cccc3ccccc23)[C@H](OC(C)=O)[C@@H](OC(C)=O)[C@@H]1OC(C)=O. The summed E-state index contributed by atoms with van der Waals surface area (Å²) in [5.41, 5.74) is 0. The summed E-state index contributed by atoms with van der Waals surface area (Å²) in [5.74, 6) is -2.29. The van der Waals surface area contributed by atoms with Gasteiger partial charge in [0.25, 0.3) is 0 Å². The maximum absolute atomic E-state index is 11.9. The molecule has 0 spiro atoms. The van der Waals surface area contributed by atoms with Crippen molar-refractivity contribution in [2.24, 2.45) is 0 Å². The van der Waals surface area contributed by atoms with Gasteiger partial charge in [-0.2, -0.15) is 0 Å². The van der Waals surface area contributed by atoms with Crippen LogP contribution in [0.25, 0.3) is 10.8 Å². The normalized spacial score (nSPS) is 24.1. The van der Waals surface area contributed by atoms with Crippen LogP contribution in [-0.2, 0) is 42.9 Å². The van der Waals surface area contributed by atoms with Gasteiger partial charge in [-0.1, -0.05) is 36.4 Å². The van der Waals surface area contributed by atoms with Crippen LogP contribution in [-0.4, -0.2) is 61.2 Å². The van der Waals surface area contributed by atoms with Crippen LogP contribution in [0.4, 0.5) is 0 Å². The van der Waals surface area contributed by atoms with Gasteiger partial charge in [-0.3, -0.25) is 19.2 Å². The van der Waals surface area contributed by atoms with E-state index in [9.17, 15) is 19.2 Å². The lowest BCUT2D eigenvalue weighted by Gasteiger charge is -2.44. The van der Waals surface area contributed by atoms with Crippen molar-refractivity contribution in [3.05, 3.63) is 42.5 Å². The summed E-state index contributed by atoms with van der Waals surface area (Å²) >= 11 is 0. The fourth-order valence-corrected chi connectivity index (χ4v) is 3.71. The lowest BCUT2D eigenvalue weighted by Crippen LogP contribution is -2.63. The molecule has 0 aliphatic carbocycles. The zero-order valence-electron chi connectivity index (χ0n) is 19.2. The van der Waals surface area contributed by atoms with Gasteiger partial charge in [0, 0.05) is 33.1 Å². The minimum Gasteiger partial charge on any atom is -0.463 e. The van der Waals surface area contributed by atoms with E-state index in [1.165, 1.54) is 13.8 Å². The molecule has 0 unspecified atom stereocenters.